The molecule has 124 valence electrons. The van der Waals surface area contributed by atoms with E-state index in [0.29, 0.717) is 22.0 Å². The zero-order chi connectivity index (χ0) is 16.9. The summed E-state index contributed by atoms with van der Waals surface area (Å²) in [4.78, 5) is 24.3. The van der Waals surface area contributed by atoms with Gasteiger partial charge in [-0.3, -0.25) is 9.59 Å². The Bertz CT molecular complexity index is 759. The Balaban J connectivity index is 1.59. The van der Waals surface area contributed by atoms with Crippen LogP contribution in [0, 0.1) is 0 Å². The monoisotopic (exact) mass is 343 g/mol. The van der Waals surface area contributed by atoms with Gasteiger partial charge in [0.05, 0.1) is 12.1 Å². The maximum atomic E-state index is 12.2. The zero-order valence-electron chi connectivity index (χ0n) is 13.0. The molecule has 0 aliphatic heterocycles. The topological polar surface area (TPSA) is 70.2 Å². The van der Waals surface area contributed by atoms with Crippen LogP contribution in [0.1, 0.15) is 23.2 Å². The molecule has 2 aromatic carbocycles. The summed E-state index contributed by atoms with van der Waals surface area (Å²) in [5.74, 6) is -0.328. The predicted molar refractivity (Wildman–Crippen MR) is 95.5 cm³/mol. The third-order valence-corrected chi connectivity index (χ3v) is 3.87. The molecular formula is C18H18ClN3O2. The standard InChI is InChI=1S/C18H18ClN3O2/c19-12-4-3-5-14(10-12)21-17(23)11-20-16-7-2-1-6-15(16)18(24)22-13-8-9-13/h1-7,10,13,20H,8-9,11H2,(H,21,23)(H,22,24). The molecule has 1 fully saturated rings. The fourth-order valence-corrected chi connectivity index (χ4v) is 2.46. The first kappa shape index (κ1) is 16.3. The summed E-state index contributed by atoms with van der Waals surface area (Å²) < 4.78 is 0. The molecule has 0 bridgehead atoms. The first-order valence-corrected chi connectivity index (χ1v) is 8.19. The van der Waals surface area contributed by atoms with Gasteiger partial charge in [0.25, 0.3) is 5.91 Å². The number of para-hydroxylation sites is 1. The number of anilines is 2. The molecule has 0 radical (unpaired) electrons. The van der Waals surface area contributed by atoms with Gasteiger partial charge >= 0.3 is 0 Å². The number of hydrogen-bond donors (Lipinski definition) is 3. The second kappa shape index (κ2) is 7.36. The van der Waals surface area contributed by atoms with Crippen molar-refractivity contribution in [3.05, 3.63) is 59.1 Å². The Kier molecular flexibility index (Phi) is 5.01. The lowest BCUT2D eigenvalue weighted by molar-refractivity contribution is -0.114. The molecule has 24 heavy (non-hydrogen) atoms. The third kappa shape index (κ3) is 4.49. The van der Waals surface area contributed by atoms with Crippen molar-refractivity contribution in [2.75, 3.05) is 17.2 Å². The third-order valence-electron chi connectivity index (χ3n) is 3.63. The van der Waals surface area contributed by atoms with Crippen LogP contribution in [-0.4, -0.2) is 24.4 Å². The van der Waals surface area contributed by atoms with Crippen LogP contribution in [0.4, 0.5) is 11.4 Å². The number of rotatable bonds is 6. The molecule has 0 aromatic heterocycles. The second-order valence-electron chi connectivity index (χ2n) is 5.71. The van der Waals surface area contributed by atoms with Crippen LogP contribution in [0.5, 0.6) is 0 Å². The van der Waals surface area contributed by atoms with E-state index in [4.69, 9.17) is 11.6 Å². The highest BCUT2D eigenvalue weighted by Gasteiger charge is 2.24. The molecule has 0 unspecified atom stereocenters. The first-order chi connectivity index (χ1) is 11.6. The molecule has 1 aliphatic rings. The van der Waals surface area contributed by atoms with Gasteiger partial charge in [0.15, 0.2) is 0 Å². The first-order valence-electron chi connectivity index (χ1n) is 7.81. The van der Waals surface area contributed by atoms with Crippen LogP contribution in [0.15, 0.2) is 48.5 Å². The van der Waals surface area contributed by atoms with Gasteiger partial charge in [0.1, 0.15) is 0 Å². The van der Waals surface area contributed by atoms with Crippen LogP contribution < -0.4 is 16.0 Å². The minimum Gasteiger partial charge on any atom is -0.376 e. The van der Waals surface area contributed by atoms with E-state index < -0.39 is 0 Å². The van der Waals surface area contributed by atoms with Crippen molar-refractivity contribution in [3.63, 3.8) is 0 Å². The number of hydrogen-bond acceptors (Lipinski definition) is 3. The van der Waals surface area contributed by atoms with E-state index in [1.807, 2.05) is 6.07 Å². The highest BCUT2D eigenvalue weighted by molar-refractivity contribution is 6.30. The molecular weight excluding hydrogens is 326 g/mol. The predicted octanol–water partition coefficient (Wildman–Crippen LogP) is 3.28. The minimum atomic E-state index is -0.213. The van der Waals surface area contributed by atoms with Crippen molar-refractivity contribution in [3.8, 4) is 0 Å². The summed E-state index contributed by atoms with van der Waals surface area (Å²) >= 11 is 5.89. The van der Waals surface area contributed by atoms with Gasteiger partial charge in [-0.2, -0.15) is 0 Å². The SMILES string of the molecule is O=C(CNc1ccccc1C(=O)NC1CC1)Nc1cccc(Cl)c1. The minimum absolute atomic E-state index is 0.0558. The summed E-state index contributed by atoms with van der Waals surface area (Å²) in [6, 6.07) is 14.4. The van der Waals surface area contributed by atoms with Gasteiger partial charge in [-0.15, -0.1) is 0 Å². The van der Waals surface area contributed by atoms with Crippen molar-refractivity contribution in [2.24, 2.45) is 0 Å². The Morgan fingerprint density at radius 2 is 1.88 bits per heavy atom. The number of amides is 2. The van der Waals surface area contributed by atoms with E-state index >= 15 is 0 Å². The zero-order valence-corrected chi connectivity index (χ0v) is 13.8. The summed E-state index contributed by atoms with van der Waals surface area (Å²) in [5, 5.41) is 9.28. The van der Waals surface area contributed by atoms with Crippen LogP contribution in [0.25, 0.3) is 0 Å². The van der Waals surface area contributed by atoms with Gasteiger partial charge in [-0.25, -0.2) is 0 Å². The second-order valence-corrected chi connectivity index (χ2v) is 6.14. The largest absolute Gasteiger partial charge is 0.376 e. The Hall–Kier alpha value is -2.53. The quantitative estimate of drug-likeness (QED) is 0.753. The van der Waals surface area contributed by atoms with Crippen molar-refractivity contribution in [2.45, 2.75) is 18.9 Å². The fourth-order valence-electron chi connectivity index (χ4n) is 2.27. The number of carbonyl (C=O) groups excluding carboxylic acids is 2. The molecule has 6 heteroatoms. The Morgan fingerprint density at radius 1 is 1.08 bits per heavy atom. The van der Waals surface area contributed by atoms with Gasteiger partial charge in [-0.1, -0.05) is 29.8 Å². The van der Waals surface area contributed by atoms with Crippen molar-refractivity contribution >= 4 is 34.8 Å². The van der Waals surface area contributed by atoms with E-state index in [-0.39, 0.29) is 24.4 Å². The van der Waals surface area contributed by atoms with Crippen LogP contribution >= 0.6 is 11.6 Å². The van der Waals surface area contributed by atoms with Crippen LogP contribution in [-0.2, 0) is 4.79 Å². The summed E-state index contributed by atoms with van der Waals surface area (Å²) in [5.41, 5.74) is 1.81. The highest BCUT2D eigenvalue weighted by atomic mass is 35.5. The molecule has 2 amide bonds. The lowest BCUT2D eigenvalue weighted by Gasteiger charge is -2.12. The molecule has 3 rings (SSSR count). The molecule has 2 aromatic rings. The average Bonchev–Trinajstić information content (AvgIpc) is 3.37. The van der Waals surface area contributed by atoms with E-state index in [1.165, 1.54) is 0 Å². The molecule has 0 atom stereocenters. The van der Waals surface area contributed by atoms with Crippen LogP contribution in [0.2, 0.25) is 5.02 Å². The summed E-state index contributed by atoms with van der Waals surface area (Å²) in [6.07, 6.45) is 2.06. The van der Waals surface area contributed by atoms with Crippen molar-refractivity contribution < 1.29 is 9.59 Å². The fraction of sp³-hybridized carbons (Fsp3) is 0.222. The molecule has 1 saturated carbocycles. The van der Waals surface area contributed by atoms with Gasteiger partial charge < -0.3 is 16.0 Å². The van der Waals surface area contributed by atoms with Crippen LogP contribution in [0.3, 0.4) is 0 Å². The van der Waals surface area contributed by atoms with Gasteiger partial charge in [0, 0.05) is 22.4 Å². The lowest BCUT2D eigenvalue weighted by atomic mass is 10.1. The molecule has 0 heterocycles. The highest BCUT2D eigenvalue weighted by Crippen LogP contribution is 2.21. The van der Waals surface area contributed by atoms with E-state index in [0.717, 1.165) is 12.8 Å². The maximum Gasteiger partial charge on any atom is 0.253 e. The molecule has 3 N–H and O–H groups in total. The Morgan fingerprint density at radius 3 is 2.62 bits per heavy atom. The van der Waals surface area contributed by atoms with E-state index in [2.05, 4.69) is 16.0 Å². The van der Waals surface area contributed by atoms with Gasteiger partial charge in [-0.05, 0) is 43.2 Å². The molecule has 1 aliphatic carbocycles. The molecule has 5 nitrogen and oxygen atoms in total. The molecule has 0 spiro atoms. The lowest BCUT2D eigenvalue weighted by Crippen LogP contribution is -2.27. The average molecular weight is 344 g/mol. The van der Waals surface area contributed by atoms with E-state index in [1.54, 1.807) is 42.5 Å². The molecule has 0 saturated heterocycles. The smallest absolute Gasteiger partial charge is 0.253 e. The van der Waals surface area contributed by atoms with E-state index in [9.17, 15) is 9.59 Å². The van der Waals surface area contributed by atoms with Crippen molar-refractivity contribution in [1.29, 1.82) is 0 Å². The van der Waals surface area contributed by atoms with Gasteiger partial charge in [0.2, 0.25) is 5.91 Å². The summed E-state index contributed by atoms with van der Waals surface area (Å²) in [6.45, 7) is 0.0558. The Labute approximate surface area is 145 Å². The number of carbonyl (C=O) groups is 2. The van der Waals surface area contributed by atoms with Crippen molar-refractivity contribution in [1.82, 2.24) is 5.32 Å². The number of nitrogens with one attached hydrogen (secondary N) is 3. The number of halogens is 1. The number of benzene rings is 2. The normalized spacial score (nSPS) is 13.2. The summed E-state index contributed by atoms with van der Waals surface area (Å²) in [7, 11) is 0. The maximum absolute atomic E-state index is 12.2.